The fraction of sp³-hybridized carbons (Fsp3) is 0.579. The third kappa shape index (κ3) is 6.35. The Morgan fingerprint density at radius 3 is 2.41 bits per heavy atom. The Labute approximate surface area is 175 Å². The van der Waals surface area contributed by atoms with Crippen molar-refractivity contribution in [1.29, 1.82) is 0 Å². The molecule has 1 N–H and O–H groups in total. The summed E-state index contributed by atoms with van der Waals surface area (Å²) >= 11 is 0. The molecule has 1 fully saturated rings. The van der Waals surface area contributed by atoms with E-state index in [1.165, 1.54) is 11.1 Å². The molecule has 0 bridgehead atoms. The first-order chi connectivity index (χ1) is 11.9. The number of aromatic nitrogens is 3. The first-order valence-electron chi connectivity index (χ1n) is 9.05. The number of rotatable bonds is 5. The lowest BCUT2D eigenvalue weighted by molar-refractivity contribution is 0.311. The van der Waals surface area contributed by atoms with Crippen LogP contribution in [0.1, 0.15) is 31.9 Å². The summed E-state index contributed by atoms with van der Waals surface area (Å²) in [5, 5.41) is 8.00. The molecular formula is C19H32Cl2N6. The van der Waals surface area contributed by atoms with E-state index in [0.29, 0.717) is 0 Å². The first kappa shape index (κ1) is 23.7. The van der Waals surface area contributed by atoms with E-state index in [-0.39, 0.29) is 30.4 Å². The molecule has 6 nitrogen and oxygen atoms in total. The lowest BCUT2D eigenvalue weighted by Gasteiger charge is -2.34. The fourth-order valence-corrected chi connectivity index (χ4v) is 3.03. The Balaban J connectivity index is 0.00000182. The van der Waals surface area contributed by atoms with Gasteiger partial charge in [0.15, 0.2) is 0 Å². The molecule has 0 amide bonds. The normalized spacial score (nSPS) is 15.2. The average molecular weight is 415 g/mol. The third-order valence-electron chi connectivity index (χ3n) is 4.64. The van der Waals surface area contributed by atoms with Crippen molar-refractivity contribution < 1.29 is 0 Å². The molecule has 1 aliphatic heterocycles. The van der Waals surface area contributed by atoms with Gasteiger partial charge in [-0.2, -0.15) is 5.10 Å². The number of halogens is 2. The standard InChI is InChI=1S/C19H30N6.2ClH/c1-19(2,3)25-15-16(13-22-25)12-20-14-17-6-5-7-21-18(17)24-10-8-23(4)9-11-24;;/h5-7,13,15,20H,8-12,14H2,1-4H3;2*1H. The zero-order valence-corrected chi connectivity index (χ0v) is 18.3. The van der Waals surface area contributed by atoms with Gasteiger partial charge in [0, 0.05) is 62.8 Å². The summed E-state index contributed by atoms with van der Waals surface area (Å²) in [4.78, 5) is 9.40. The minimum atomic E-state index is 0. The Morgan fingerprint density at radius 1 is 1.07 bits per heavy atom. The zero-order valence-electron chi connectivity index (χ0n) is 16.7. The quantitative estimate of drug-likeness (QED) is 0.814. The van der Waals surface area contributed by atoms with Crippen molar-refractivity contribution in [2.45, 2.75) is 39.4 Å². The van der Waals surface area contributed by atoms with Gasteiger partial charge in [0.05, 0.1) is 11.7 Å². The van der Waals surface area contributed by atoms with Gasteiger partial charge in [0.2, 0.25) is 0 Å². The lowest BCUT2D eigenvalue weighted by atomic mass is 10.1. The largest absolute Gasteiger partial charge is 0.354 e. The van der Waals surface area contributed by atoms with Crippen molar-refractivity contribution in [3.05, 3.63) is 41.9 Å². The molecule has 0 aromatic carbocycles. The van der Waals surface area contributed by atoms with Crippen LogP contribution in [0, 0.1) is 0 Å². The first-order valence-corrected chi connectivity index (χ1v) is 9.05. The van der Waals surface area contributed by atoms with Gasteiger partial charge in [0.1, 0.15) is 5.82 Å². The number of hydrogen-bond acceptors (Lipinski definition) is 5. The predicted molar refractivity (Wildman–Crippen MR) is 116 cm³/mol. The van der Waals surface area contributed by atoms with Crippen molar-refractivity contribution in [2.75, 3.05) is 38.1 Å². The summed E-state index contributed by atoms with van der Waals surface area (Å²) < 4.78 is 2.02. The average Bonchev–Trinajstić information content (AvgIpc) is 3.05. The second-order valence-corrected chi connectivity index (χ2v) is 7.84. The maximum Gasteiger partial charge on any atom is 0.133 e. The number of pyridine rings is 1. The summed E-state index contributed by atoms with van der Waals surface area (Å²) in [7, 11) is 2.18. The van der Waals surface area contributed by atoms with Gasteiger partial charge >= 0.3 is 0 Å². The highest BCUT2D eigenvalue weighted by Gasteiger charge is 2.18. The van der Waals surface area contributed by atoms with Crippen LogP contribution in [0.2, 0.25) is 0 Å². The maximum atomic E-state index is 4.64. The van der Waals surface area contributed by atoms with E-state index in [4.69, 9.17) is 0 Å². The molecule has 27 heavy (non-hydrogen) atoms. The van der Waals surface area contributed by atoms with Gasteiger partial charge in [-0.25, -0.2) is 4.98 Å². The van der Waals surface area contributed by atoms with Crippen LogP contribution in [0.15, 0.2) is 30.7 Å². The second-order valence-electron chi connectivity index (χ2n) is 7.84. The van der Waals surface area contributed by atoms with Crippen molar-refractivity contribution in [3.8, 4) is 0 Å². The van der Waals surface area contributed by atoms with E-state index in [1.54, 1.807) is 0 Å². The Hall–Kier alpha value is -1.34. The van der Waals surface area contributed by atoms with Gasteiger partial charge in [-0.1, -0.05) is 6.07 Å². The number of likely N-dealkylation sites (N-methyl/N-ethyl adjacent to an activating group) is 1. The van der Waals surface area contributed by atoms with Crippen LogP contribution in [0.4, 0.5) is 5.82 Å². The molecule has 3 heterocycles. The minimum Gasteiger partial charge on any atom is -0.354 e. The van der Waals surface area contributed by atoms with Gasteiger partial charge in [0.25, 0.3) is 0 Å². The minimum absolute atomic E-state index is 0. The van der Waals surface area contributed by atoms with E-state index in [0.717, 1.165) is 45.1 Å². The zero-order chi connectivity index (χ0) is 17.9. The molecule has 152 valence electrons. The molecule has 1 aliphatic rings. The van der Waals surface area contributed by atoms with Crippen molar-refractivity contribution in [3.63, 3.8) is 0 Å². The molecule has 3 rings (SSSR count). The summed E-state index contributed by atoms with van der Waals surface area (Å²) in [6.45, 7) is 12.4. The molecule has 0 spiro atoms. The molecule has 8 heteroatoms. The molecule has 0 unspecified atom stereocenters. The van der Waals surface area contributed by atoms with Crippen LogP contribution < -0.4 is 10.2 Å². The number of nitrogens with one attached hydrogen (secondary N) is 1. The highest BCUT2D eigenvalue weighted by molar-refractivity contribution is 5.85. The fourth-order valence-electron chi connectivity index (χ4n) is 3.03. The van der Waals surface area contributed by atoms with Gasteiger partial charge in [-0.3, -0.25) is 4.68 Å². The summed E-state index contributed by atoms with van der Waals surface area (Å²) in [5.74, 6) is 1.12. The third-order valence-corrected chi connectivity index (χ3v) is 4.64. The van der Waals surface area contributed by atoms with Gasteiger partial charge < -0.3 is 15.1 Å². The molecule has 1 saturated heterocycles. The van der Waals surface area contributed by atoms with Crippen LogP contribution in [-0.2, 0) is 18.6 Å². The van der Waals surface area contributed by atoms with E-state index in [1.807, 2.05) is 23.1 Å². The molecule has 0 saturated carbocycles. The Bertz CT molecular complexity index is 690. The lowest BCUT2D eigenvalue weighted by Crippen LogP contribution is -2.45. The SMILES string of the molecule is CN1CCN(c2ncccc2CNCc2cnn(C(C)(C)C)c2)CC1.Cl.Cl. The number of anilines is 1. The number of nitrogens with zero attached hydrogens (tertiary/aromatic N) is 5. The molecule has 2 aromatic heterocycles. The molecular weight excluding hydrogens is 383 g/mol. The summed E-state index contributed by atoms with van der Waals surface area (Å²) in [5.41, 5.74) is 2.49. The summed E-state index contributed by atoms with van der Waals surface area (Å²) in [6.07, 6.45) is 5.96. The second kappa shape index (κ2) is 10.3. The van der Waals surface area contributed by atoms with E-state index >= 15 is 0 Å². The molecule has 0 atom stereocenters. The maximum absolute atomic E-state index is 4.64. The predicted octanol–water partition coefficient (Wildman–Crippen LogP) is 2.92. The van der Waals surface area contributed by atoms with E-state index < -0.39 is 0 Å². The van der Waals surface area contributed by atoms with Crippen LogP contribution in [0.5, 0.6) is 0 Å². The van der Waals surface area contributed by atoms with Crippen molar-refractivity contribution >= 4 is 30.6 Å². The van der Waals surface area contributed by atoms with Crippen LogP contribution in [0.25, 0.3) is 0 Å². The van der Waals surface area contributed by atoms with Crippen LogP contribution in [0.3, 0.4) is 0 Å². The summed E-state index contributed by atoms with van der Waals surface area (Å²) in [6, 6.07) is 4.19. The van der Waals surface area contributed by atoms with Crippen LogP contribution >= 0.6 is 24.8 Å². The molecule has 2 aromatic rings. The van der Waals surface area contributed by atoms with Crippen LogP contribution in [-0.4, -0.2) is 52.9 Å². The van der Waals surface area contributed by atoms with E-state index in [2.05, 4.69) is 65.3 Å². The molecule has 0 aliphatic carbocycles. The Kier molecular flexibility index (Phi) is 9.02. The Morgan fingerprint density at radius 2 is 1.78 bits per heavy atom. The smallest absolute Gasteiger partial charge is 0.133 e. The van der Waals surface area contributed by atoms with Gasteiger partial charge in [-0.15, -0.1) is 24.8 Å². The number of hydrogen-bond donors (Lipinski definition) is 1. The highest BCUT2D eigenvalue weighted by Crippen LogP contribution is 2.19. The number of piperazine rings is 1. The van der Waals surface area contributed by atoms with Crippen molar-refractivity contribution in [2.24, 2.45) is 0 Å². The molecule has 0 radical (unpaired) electrons. The highest BCUT2D eigenvalue weighted by atomic mass is 35.5. The van der Waals surface area contributed by atoms with E-state index in [9.17, 15) is 0 Å². The van der Waals surface area contributed by atoms with Gasteiger partial charge in [-0.05, 0) is 33.9 Å². The monoisotopic (exact) mass is 414 g/mol. The van der Waals surface area contributed by atoms with Crippen molar-refractivity contribution in [1.82, 2.24) is 25.0 Å². The topological polar surface area (TPSA) is 49.2 Å².